The van der Waals surface area contributed by atoms with Crippen LogP contribution in [0.1, 0.15) is 30.9 Å². The minimum atomic E-state index is -0.769. The molecule has 32 heavy (non-hydrogen) atoms. The first-order valence-electron chi connectivity index (χ1n) is 10.9. The first kappa shape index (κ1) is 23.4. The summed E-state index contributed by atoms with van der Waals surface area (Å²) in [5, 5.41) is 2.92. The van der Waals surface area contributed by atoms with Crippen LogP contribution in [0.4, 0.5) is 10.5 Å². The zero-order valence-electron chi connectivity index (χ0n) is 19.3. The van der Waals surface area contributed by atoms with E-state index in [0.717, 1.165) is 17.5 Å². The minimum Gasteiger partial charge on any atom is -0.493 e. The van der Waals surface area contributed by atoms with E-state index in [1.807, 2.05) is 38.1 Å². The third-order valence-corrected chi connectivity index (χ3v) is 6.00. The normalized spacial score (nSPS) is 18.1. The first-order chi connectivity index (χ1) is 15.4. The number of esters is 1. The molecule has 0 unspecified atom stereocenters. The van der Waals surface area contributed by atoms with Crippen molar-refractivity contribution in [3.8, 4) is 11.5 Å². The molecule has 0 bridgehead atoms. The quantitative estimate of drug-likeness (QED) is 0.645. The lowest BCUT2D eigenvalue weighted by atomic mass is 9.74. The molecule has 7 heteroatoms. The number of amides is 2. The van der Waals surface area contributed by atoms with Crippen molar-refractivity contribution >= 4 is 17.7 Å². The number of hydrogen-bond acceptors (Lipinski definition) is 5. The van der Waals surface area contributed by atoms with Crippen molar-refractivity contribution < 1.29 is 23.8 Å². The summed E-state index contributed by atoms with van der Waals surface area (Å²) in [6, 6.07) is 13.0. The van der Waals surface area contributed by atoms with Crippen LogP contribution in [-0.2, 0) is 16.0 Å². The highest BCUT2D eigenvalue weighted by Crippen LogP contribution is 2.37. The highest BCUT2D eigenvalue weighted by atomic mass is 16.5. The smallest absolute Gasteiger partial charge is 0.321 e. The van der Waals surface area contributed by atoms with Crippen LogP contribution in [0.3, 0.4) is 0 Å². The fourth-order valence-corrected chi connectivity index (χ4v) is 4.26. The van der Waals surface area contributed by atoms with Crippen molar-refractivity contribution in [3.63, 3.8) is 0 Å². The maximum Gasteiger partial charge on any atom is 0.321 e. The second-order valence-corrected chi connectivity index (χ2v) is 8.13. The third kappa shape index (κ3) is 5.15. The van der Waals surface area contributed by atoms with Crippen LogP contribution < -0.4 is 14.8 Å². The van der Waals surface area contributed by atoms with E-state index in [0.29, 0.717) is 49.7 Å². The van der Waals surface area contributed by atoms with Crippen molar-refractivity contribution in [3.05, 3.63) is 53.6 Å². The zero-order valence-corrected chi connectivity index (χ0v) is 19.3. The first-order valence-corrected chi connectivity index (χ1v) is 10.9. The molecule has 2 aromatic carbocycles. The molecule has 2 amide bonds. The molecule has 7 nitrogen and oxygen atoms in total. The molecule has 1 saturated heterocycles. The lowest BCUT2D eigenvalue weighted by Gasteiger charge is -2.41. The Morgan fingerprint density at radius 1 is 1.09 bits per heavy atom. The predicted octanol–water partition coefficient (Wildman–Crippen LogP) is 4.43. The molecule has 0 spiro atoms. The molecular formula is C25H32N2O5. The molecule has 0 aromatic heterocycles. The molecule has 1 N–H and O–H groups in total. The Kier molecular flexibility index (Phi) is 7.62. The van der Waals surface area contributed by atoms with Gasteiger partial charge < -0.3 is 24.4 Å². The van der Waals surface area contributed by atoms with Crippen LogP contribution in [0.25, 0.3) is 0 Å². The second-order valence-electron chi connectivity index (χ2n) is 8.13. The standard InChI is InChI=1S/C25H32N2O5/c1-5-32-23(28)25(16-19-10-7-6-9-18(19)2)13-8-14-27(17-25)24(29)26-20-11-12-21(30-3)22(15-20)31-4/h6-7,9-12,15H,5,8,13-14,16-17H2,1-4H3,(H,26,29)/t25-/m0/s1. The molecule has 1 heterocycles. The summed E-state index contributed by atoms with van der Waals surface area (Å²) in [5.74, 6) is 0.874. The van der Waals surface area contributed by atoms with Gasteiger partial charge in [-0.3, -0.25) is 4.79 Å². The lowest BCUT2D eigenvalue weighted by Crippen LogP contribution is -2.52. The maximum atomic E-state index is 13.1. The molecule has 0 saturated carbocycles. The molecule has 1 aliphatic heterocycles. The van der Waals surface area contributed by atoms with Gasteiger partial charge in [-0.2, -0.15) is 0 Å². The van der Waals surface area contributed by atoms with E-state index >= 15 is 0 Å². The Bertz CT molecular complexity index is 961. The van der Waals surface area contributed by atoms with Crippen LogP contribution in [-0.4, -0.2) is 50.8 Å². The van der Waals surface area contributed by atoms with Crippen LogP contribution in [0.15, 0.2) is 42.5 Å². The van der Waals surface area contributed by atoms with E-state index in [4.69, 9.17) is 14.2 Å². The predicted molar refractivity (Wildman–Crippen MR) is 123 cm³/mol. The van der Waals surface area contributed by atoms with Gasteiger partial charge in [0.15, 0.2) is 11.5 Å². The number of benzene rings is 2. The summed E-state index contributed by atoms with van der Waals surface area (Å²) in [6.45, 7) is 5.04. The minimum absolute atomic E-state index is 0.244. The Morgan fingerprint density at radius 3 is 2.53 bits per heavy atom. The number of nitrogens with zero attached hydrogens (tertiary/aromatic N) is 1. The summed E-state index contributed by atoms with van der Waals surface area (Å²) >= 11 is 0. The van der Waals surface area contributed by atoms with Gasteiger partial charge in [0.1, 0.15) is 0 Å². The molecule has 3 rings (SSSR count). The number of hydrogen-bond donors (Lipinski definition) is 1. The van der Waals surface area contributed by atoms with Crippen molar-refractivity contribution in [2.45, 2.75) is 33.1 Å². The van der Waals surface area contributed by atoms with Gasteiger partial charge >= 0.3 is 12.0 Å². The number of ether oxygens (including phenoxy) is 3. The Labute approximate surface area is 189 Å². The van der Waals surface area contributed by atoms with Crippen molar-refractivity contribution in [2.75, 3.05) is 39.2 Å². The van der Waals surface area contributed by atoms with E-state index < -0.39 is 5.41 Å². The number of piperidine rings is 1. The number of carbonyl (C=O) groups excluding carboxylic acids is 2. The lowest BCUT2D eigenvalue weighted by molar-refractivity contribution is -0.158. The summed E-state index contributed by atoms with van der Waals surface area (Å²) in [5.41, 5.74) is 2.06. The average Bonchev–Trinajstić information content (AvgIpc) is 2.80. The van der Waals surface area contributed by atoms with Crippen LogP contribution in [0, 0.1) is 12.3 Å². The molecular weight excluding hydrogens is 408 g/mol. The number of likely N-dealkylation sites (tertiary alicyclic amines) is 1. The third-order valence-electron chi connectivity index (χ3n) is 6.00. The molecule has 1 aliphatic rings. The number of methoxy groups -OCH3 is 2. The second kappa shape index (κ2) is 10.4. The summed E-state index contributed by atoms with van der Waals surface area (Å²) in [4.78, 5) is 27.9. The van der Waals surface area contributed by atoms with Crippen molar-refractivity contribution in [1.82, 2.24) is 4.90 Å². The summed E-state index contributed by atoms with van der Waals surface area (Å²) < 4.78 is 16.0. The Hall–Kier alpha value is -3.22. The molecule has 2 aromatic rings. The number of urea groups is 1. The SMILES string of the molecule is CCOC(=O)[C@]1(Cc2ccccc2C)CCCN(C(=O)Nc2ccc(OC)c(OC)c2)C1. The Balaban J connectivity index is 1.81. The molecule has 0 radical (unpaired) electrons. The van der Waals surface area contributed by atoms with Crippen LogP contribution >= 0.6 is 0 Å². The van der Waals surface area contributed by atoms with E-state index in [1.165, 1.54) is 0 Å². The average molecular weight is 441 g/mol. The van der Waals surface area contributed by atoms with Gasteiger partial charge in [0.25, 0.3) is 0 Å². The summed E-state index contributed by atoms with van der Waals surface area (Å²) in [6.07, 6.45) is 1.95. The highest BCUT2D eigenvalue weighted by Gasteiger charge is 2.45. The summed E-state index contributed by atoms with van der Waals surface area (Å²) in [7, 11) is 3.11. The molecule has 172 valence electrons. The van der Waals surface area contributed by atoms with Gasteiger partial charge in [0.05, 0.1) is 26.2 Å². The fourth-order valence-electron chi connectivity index (χ4n) is 4.26. The largest absolute Gasteiger partial charge is 0.493 e. The number of carbonyl (C=O) groups is 2. The van der Waals surface area contributed by atoms with Crippen molar-refractivity contribution in [1.29, 1.82) is 0 Å². The highest BCUT2D eigenvalue weighted by molar-refractivity contribution is 5.90. The topological polar surface area (TPSA) is 77.1 Å². The van der Waals surface area contributed by atoms with Gasteiger partial charge in [0.2, 0.25) is 0 Å². The van der Waals surface area contributed by atoms with Gasteiger partial charge in [-0.05, 0) is 56.4 Å². The van der Waals surface area contributed by atoms with Crippen molar-refractivity contribution in [2.24, 2.45) is 5.41 Å². The fraction of sp³-hybridized carbons (Fsp3) is 0.440. The van der Waals surface area contributed by atoms with E-state index in [-0.39, 0.29) is 12.0 Å². The van der Waals surface area contributed by atoms with Gasteiger partial charge in [-0.1, -0.05) is 24.3 Å². The Morgan fingerprint density at radius 2 is 1.84 bits per heavy atom. The molecule has 1 fully saturated rings. The van der Waals surface area contributed by atoms with Gasteiger partial charge in [0, 0.05) is 24.8 Å². The van der Waals surface area contributed by atoms with E-state index in [1.54, 1.807) is 37.3 Å². The molecule has 1 atom stereocenters. The van der Waals surface area contributed by atoms with E-state index in [2.05, 4.69) is 5.32 Å². The van der Waals surface area contributed by atoms with Crippen LogP contribution in [0.2, 0.25) is 0 Å². The number of rotatable bonds is 7. The number of aryl methyl sites for hydroxylation is 1. The number of nitrogens with one attached hydrogen (secondary N) is 1. The van der Waals surface area contributed by atoms with E-state index in [9.17, 15) is 9.59 Å². The monoisotopic (exact) mass is 440 g/mol. The van der Waals surface area contributed by atoms with Crippen LogP contribution in [0.5, 0.6) is 11.5 Å². The number of anilines is 1. The van der Waals surface area contributed by atoms with Gasteiger partial charge in [-0.15, -0.1) is 0 Å². The maximum absolute atomic E-state index is 13.1. The zero-order chi connectivity index (χ0) is 23.1. The molecule has 0 aliphatic carbocycles. The van der Waals surface area contributed by atoms with Gasteiger partial charge in [-0.25, -0.2) is 4.79 Å².